The van der Waals surface area contributed by atoms with E-state index in [0.717, 1.165) is 0 Å². The molecule has 0 aliphatic heterocycles. The molecular weight excluding hydrogens is 285 g/mol. The van der Waals surface area contributed by atoms with E-state index < -0.39 is 52.5 Å². The van der Waals surface area contributed by atoms with Gasteiger partial charge in [0.15, 0.2) is 23.3 Å². The van der Waals surface area contributed by atoms with Gasteiger partial charge in [0.1, 0.15) is 5.56 Å². The zero-order chi connectivity index (χ0) is 15.6. The predicted molar refractivity (Wildman–Crippen MR) is 59.4 cm³/mol. The molecule has 0 aliphatic rings. The van der Waals surface area contributed by atoms with Crippen LogP contribution in [0.1, 0.15) is 24.2 Å². The molecule has 3 nitrogen and oxygen atoms in total. The van der Waals surface area contributed by atoms with Crippen molar-refractivity contribution in [3.8, 4) is 0 Å². The van der Waals surface area contributed by atoms with E-state index in [9.17, 15) is 26.7 Å². The molecule has 0 radical (unpaired) electrons. The van der Waals surface area contributed by atoms with E-state index in [1.807, 2.05) is 0 Å². The third kappa shape index (κ3) is 2.90. The first-order valence-electron chi connectivity index (χ1n) is 5.65. The first-order valence-corrected chi connectivity index (χ1v) is 5.65. The number of hydrogen-bond donors (Lipinski definition) is 2. The van der Waals surface area contributed by atoms with Crippen LogP contribution in [-0.4, -0.2) is 23.7 Å². The van der Waals surface area contributed by atoms with E-state index in [1.54, 1.807) is 0 Å². The number of carbonyl (C=O) groups excluding carboxylic acids is 1. The number of halogens is 5. The Kier molecular flexibility index (Phi) is 5.04. The number of carbonyl (C=O) groups is 1. The Balaban J connectivity index is 3.18. The van der Waals surface area contributed by atoms with E-state index in [4.69, 9.17) is 5.11 Å². The van der Waals surface area contributed by atoms with Gasteiger partial charge >= 0.3 is 0 Å². The molecule has 2 atom stereocenters. The number of aliphatic hydroxyl groups is 1. The summed E-state index contributed by atoms with van der Waals surface area (Å²) < 4.78 is 65.4. The summed E-state index contributed by atoms with van der Waals surface area (Å²) in [7, 11) is 0. The zero-order valence-corrected chi connectivity index (χ0v) is 10.6. The normalized spacial score (nSPS) is 14.0. The number of aliphatic hydroxyl groups excluding tert-OH is 1. The van der Waals surface area contributed by atoms with Crippen LogP contribution in [0.15, 0.2) is 0 Å². The van der Waals surface area contributed by atoms with Crippen LogP contribution in [0.5, 0.6) is 0 Å². The van der Waals surface area contributed by atoms with Crippen molar-refractivity contribution >= 4 is 5.91 Å². The Morgan fingerprint density at radius 3 is 1.80 bits per heavy atom. The highest BCUT2D eigenvalue weighted by Crippen LogP contribution is 2.23. The van der Waals surface area contributed by atoms with E-state index in [2.05, 4.69) is 5.32 Å². The fourth-order valence-electron chi connectivity index (χ4n) is 1.38. The van der Waals surface area contributed by atoms with Crippen molar-refractivity contribution in [1.82, 2.24) is 5.32 Å². The Morgan fingerprint density at radius 2 is 1.40 bits per heavy atom. The van der Waals surface area contributed by atoms with E-state index in [0.29, 0.717) is 0 Å². The zero-order valence-electron chi connectivity index (χ0n) is 10.6. The van der Waals surface area contributed by atoms with Gasteiger partial charge in [0.05, 0.1) is 0 Å². The van der Waals surface area contributed by atoms with Crippen molar-refractivity contribution in [3.05, 3.63) is 34.6 Å². The van der Waals surface area contributed by atoms with Crippen LogP contribution in [-0.2, 0) is 0 Å². The van der Waals surface area contributed by atoms with Gasteiger partial charge in [-0.25, -0.2) is 22.0 Å². The standard InChI is InChI=1S/C12H12F5NO2/c1-4(3-19)5(2)18-12(20)6-7(13)9(15)11(17)10(16)8(6)14/h4-5,19H,3H2,1-2H3,(H,18,20). The second-order valence-corrected chi connectivity index (χ2v) is 4.37. The minimum absolute atomic E-state index is 0.321. The molecule has 1 rings (SSSR count). The van der Waals surface area contributed by atoms with Gasteiger partial charge in [-0.15, -0.1) is 0 Å². The minimum atomic E-state index is -2.33. The van der Waals surface area contributed by atoms with E-state index >= 15 is 0 Å². The van der Waals surface area contributed by atoms with Gasteiger partial charge in [0.2, 0.25) is 5.82 Å². The molecule has 8 heteroatoms. The summed E-state index contributed by atoms with van der Waals surface area (Å²) in [6.45, 7) is 2.63. The Bertz CT molecular complexity index is 506. The SMILES string of the molecule is CC(CO)C(C)NC(=O)c1c(F)c(F)c(F)c(F)c1F. The van der Waals surface area contributed by atoms with Crippen LogP contribution in [0.2, 0.25) is 0 Å². The molecule has 112 valence electrons. The van der Waals surface area contributed by atoms with Crippen LogP contribution >= 0.6 is 0 Å². The predicted octanol–water partition coefficient (Wildman–Crippen LogP) is 2.13. The molecule has 0 aromatic heterocycles. The maximum atomic E-state index is 13.4. The molecule has 1 amide bonds. The first-order chi connectivity index (χ1) is 9.22. The highest BCUT2D eigenvalue weighted by atomic mass is 19.2. The van der Waals surface area contributed by atoms with Gasteiger partial charge in [-0.1, -0.05) is 6.92 Å². The summed E-state index contributed by atoms with van der Waals surface area (Å²) in [6, 6.07) is -0.720. The third-order valence-electron chi connectivity index (χ3n) is 2.94. The smallest absolute Gasteiger partial charge is 0.257 e. The van der Waals surface area contributed by atoms with Crippen LogP contribution in [0.3, 0.4) is 0 Å². The highest BCUT2D eigenvalue weighted by molar-refractivity contribution is 5.95. The van der Waals surface area contributed by atoms with Crippen molar-refractivity contribution < 1.29 is 31.9 Å². The average Bonchev–Trinajstić information content (AvgIpc) is 2.42. The molecule has 0 bridgehead atoms. The second kappa shape index (κ2) is 6.17. The number of rotatable bonds is 4. The molecule has 0 aliphatic carbocycles. The quantitative estimate of drug-likeness (QED) is 0.508. The number of nitrogens with one attached hydrogen (secondary N) is 1. The molecule has 2 N–H and O–H groups in total. The lowest BCUT2D eigenvalue weighted by Gasteiger charge is -2.19. The topological polar surface area (TPSA) is 49.3 Å². The number of hydrogen-bond acceptors (Lipinski definition) is 2. The summed E-state index contributed by atoms with van der Waals surface area (Å²) in [4.78, 5) is 11.6. The Hall–Kier alpha value is -1.70. The van der Waals surface area contributed by atoms with Gasteiger partial charge < -0.3 is 10.4 Å². The highest BCUT2D eigenvalue weighted by Gasteiger charge is 2.30. The number of amides is 1. The van der Waals surface area contributed by atoms with Crippen molar-refractivity contribution in [1.29, 1.82) is 0 Å². The maximum Gasteiger partial charge on any atom is 0.257 e. The average molecular weight is 297 g/mol. The van der Waals surface area contributed by atoms with Gasteiger partial charge in [0.25, 0.3) is 5.91 Å². The molecule has 1 aromatic carbocycles. The van der Waals surface area contributed by atoms with Crippen LogP contribution in [0.4, 0.5) is 22.0 Å². The monoisotopic (exact) mass is 297 g/mol. The number of benzene rings is 1. The Morgan fingerprint density at radius 1 is 1.00 bits per heavy atom. The van der Waals surface area contributed by atoms with Crippen molar-refractivity contribution in [2.75, 3.05) is 6.61 Å². The summed E-state index contributed by atoms with van der Waals surface area (Å²) in [5, 5.41) is 10.9. The third-order valence-corrected chi connectivity index (χ3v) is 2.94. The fraction of sp³-hybridized carbons (Fsp3) is 0.417. The summed E-state index contributed by atoms with van der Waals surface area (Å²) in [6.07, 6.45) is 0. The second-order valence-electron chi connectivity index (χ2n) is 4.37. The molecule has 1 aromatic rings. The lowest BCUT2D eigenvalue weighted by Crippen LogP contribution is -2.39. The molecule has 2 unspecified atom stereocenters. The first kappa shape index (κ1) is 16.4. The lowest BCUT2D eigenvalue weighted by atomic mass is 10.0. The van der Waals surface area contributed by atoms with Crippen LogP contribution < -0.4 is 5.32 Å². The van der Waals surface area contributed by atoms with Crippen molar-refractivity contribution in [2.45, 2.75) is 19.9 Å². The fourth-order valence-corrected chi connectivity index (χ4v) is 1.38. The van der Waals surface area contributed by atoms with E-state index in [1.165, 1.54) is 13.8 Å². The lowest BCUT2D eigenvalue weighted by molar-refractivity contribution is 0.0904. The van der Waals surface area contributed by atoms with Gasteiger partial charge in [-0.3, -0.25) is 4.79 Å². The van der Waals surface area contributed by atoms with Crippen molar-refractivity contribution in [3.63, 3.8) is 0 Å². The van der Waals surface area contributed by atoms with Crippen LogP contribution in [0.25, 0.3) is 0 Å². The van der Waals surface area contributed by atoms with E-state index in [-0.39, 0.29) is 6.61 Å². The van der Waals surface area contributed by atoms with Crippen molar-refractivity contribution in [2.24, 2.45) is 5.92 Å². The molecular formula is C12H12F5NO2. The largest absolute Gasteiger partial charge is 0.396 e. The summed E-state index contributed by atoms with van der Waals surface area (Å²) in [5.74, 6) is -13.0. The molecule has 0 saturated heterocycles. The minimum Gasteiger partial charge on any atom is -0.396 e. The van der Waals surface area contributed by atoms with Crippen LogP contribution in [0, 0.1) is 35.0 Å². The maximum absolute atomic E-state index is 13.4. The van der Waals surface area contributed by atoms with Gasteiger partial charge in [-0.2, -0.15) is 0 Å². The Labute approximate surface area is 111 Å². The summed E-state index contributed by atoms with van der Waals surface area (Å²) in [5.41, 5.74) is -1.54. The molecule has 0 saturated carbocycles. The van der Waals surface area contributed by atoms with Gasteiger partial charge in [-0.05, 0) is 12.8 Å². The molecule has 20 heavy (non-hydrogen) atoms. The molecule has 0 heterocycles. The summed E-state index contributed by atoms with van der Waals surface area (Å²) >= 11 is 0. The molecule has 0 spiro atoms. The molecule has 0 fully saturated rings. The van der Waals surface area contributed by atoms with Gasteiger partial charge in [0, 0.05) is 12.6 Å².